The molecule has 3 N–H and O–H groups in total. The molecule has 0 rings (SSSR count). The molecule has 2 atom stereocenters. The Morgan fingerprint density at radius 3 is 2.00 bits per heavy atom. The monoisotopic (exact) mass is 331 g/mol. The summed E-state index contributed by atoms with van der Waals surface area (Å²) in [5.74, 6) is -1.14. The first-order chi connectivity index (χ1) is 9.93. The molecule has 0 aliphatic heterocycles. The summed E-state index contributed by atoms with van der Waals surface area (Å²) in [6, 6.07) is -1.49. The lowest BCUT2D eigenvalue weighted by Gasteiger charge is -2.41. The predicted molar refractivity (Wildman–Crippen MR) is 87.6 cm³/mol. The van der Waals surface area contributed by atoms with Gasteiger partial charge in [-0.1, -0.05) is 33.5 Å². The summed E-state index contributed by atoms with van der Waals surface area (Å²) < 4.78 is 6.66. The predicted octanol–water partition coefficient (Wildman–Crippen LogP) is 1.29. The maximum absolute atomic E-state index is 12.6. The maximum atomic E-state index is 12.6. The number of rotatable bonds is 7. The number of hydrogen-bond donors (Lipinski definition) is 2. The number of carbonyl (C=O) groups is 3. The molecule has 0 aromatic heterocycles. The van der Waals surface area contributed by atoms with E-state index in [9.17, 15) is 14.4 Å². The van der Waals surface area contributed by atoms with Crippen LogP contribution in [0.1, 0.15) is 27.7 Å². The Hall–Kier alpha value is -1.57. The number of hydrogen-bond acceptors (Lipinski definition) is 4. The molecule has 0 aromatic carbocycles. The van der Waals surface area contributed by atoms with E-state index in [1.165, 1.54) is 6.92 Å². The molecule has 0 heterocycles. The van der Waals surface area contributed by atoms with E-state index < -0.39 is 38.2 Å². The normalized spacial score (nSPS) is 14.2. The summed E-state index contributed by atoms with van der Waals surface area (Å²) in [5.41, 5.74) is 5.18. The van der Waals surface area contributed by atoms with E-state index in [1.54, 1.807) is 11.5 Å². The average molecular weight is 331 g/mol. The van der Waals surface area contributed by atoms with Crippen LogP contribution in [0.5, 0.6) is 0 Å². The second-order valence-electron chi connectivity index (χ2n) is 6.56. The lowest BCUT2D eigenvalue weighted by molar-refractivity contribution is -0.130. The van der Waals surface area contributed by atoms with Crippen molar-refractivity contribution in [3.8, 4) is 0 Å². The highest BCUT2D eigenvalue weighted by atomic mass is 28.3. The second-order valence-corrected chi connectivity index (χ2v) is 11.4. The molecule has 0 radical (unpaired) electrons. The Morgan fingerprint density at radius 2 is 1.68 bits per heavy atom. The van der Waals surface area contributed by atoms with E-state index in [2.05, 4.69) is 5.32 Å². The van der Waals surface area contributed by atoms with Crippen molar-refractivity contribution in [1.82, 2.24) is 9.88 Å². The zero-order chi connectivity index (χ0) is 17.7. The number of amides is 3. The Labute approximate surface area is 133 Å². The van der Waals surface area contributed by atoms with Gasteiger partial charge in [0.2, 0.25) is 11.8 Å². The largest absolute Gasteiger partial charge is 0.450 e. The van der Waals surface area contributed by atoms with Gasteiger partial charge in [0.05, 0.1) is 6.61 Å². The number of nitrogens with two attached hydrogens (primary N) is 1. The Balaban J connectivity index is 5.52. The van der Waals surface area contributed by atoms with Gasteiger partial charge in [0.15, 0.2) is 8.24 Å². The summed E-state index contributed by atoms with van der Waals surface area (Å²) in [5, 5.41) is 2.57. The van der Waals surface area contributed by atoms with Gasteiger partial charge in [-0.15, -0.1) is 0 Å². The van der Waals surface area contributed by atoms with Gasteiger partial charge in [0.25, 0.3) is 0 Å². The molecule has 0 aliphatic rings. The van der Waals surface area contributed by atoms with Gasteiger partial charge >= 0.3 is 6.09 Å². The third-order valence-electron chi connectivity index (χ3n) is 3.15. The van der Waals surface area contributed by atoms with Gasteiger partial charge in [-0.3, -0.25) is 9.59 Å². The van der Waals surface area contributed by atoms with Crippen molar-refractivity contribution < 1.29 is 19.1 Å². The number of ether oxygens (including phenoxy) is 1. The summed E-state index contributed by atoms with van der Waals surface area (Å²) in [7, 11) is -2.17. The molecule has 0 spiro atoms. The molecule has 8 heteroatoms. The smallest absolute Gasteiger partial charge is 0.402 e. The van der Waals surface area contributed by atoms with Crippen LogP contribution in [-0.4, -0.2) is 49.4 Å². The zero-order valence-electron chi connectivity index (χ0n) is 14.6. The Bertz CT molecular complexity index is 421. The molecular formula is C14H29N3O4Si. The van der Waals surface area contributed by atoms with Crippen LogP contribution < -0.4 is 11.1 Å². The van der Waals surface area contributed by atoms with E-state index in [0.717, 1.165) is 0 Å². The lowest BCUT2D eigenvalue weighted by Crippen LogP contribution is -2.62. The van der Waals surface area contributed by atoms with E-state index in [-0.39, 0.29) is 12.5 Å². The van der Waals surface area contributed by atoms with Crippen molar-refractivity contribution >= 4 is 26.1 Å². The van der Waals surface area contributed by atoms with Crippen LogP contribution in [-0.2, 0) is 14.3 Å². The third-order valence-corrected chi connectivity index (χ3v) is 5.06. The van der Waals surface area contributed by atoms with Crippen LogP contribution in [0, 0.1) is 5.92 Å². The fourth-order valence-corrected chi connectivity index (χ4v) is 3.95. The molecule has 0 fully saturated rings. The summed E-state index contributed by atoms with van der Waals surface area (Å²) >= 11 is 0. The van der Waals surface area contributed by atoms with E-state index in [1.807, 2.05) is 33.5 Å². The number of primary amides is 1. The third kappa shape index (κ3) is 5.67. The molecule has 128 valence electrons. The molecule has 3 amide bonds. The summed E-state index contributed by atoms with van der Waals surface area (Å²) in [6.45, 7) is 13.1. The van der Waals surface area contributed by atoms with E-state index in [4.69, 9.17) is 10.5 Å². The van der Waals surface area contributed by atoms with Crippen LogP contribution in [0.4, 0.5) is 4.79 Å². The maximum Gasteiger partial charge on any atom is 0.402 e. The molecule has 0 saturated carbocycles. The highest BCUT2D eigenvalue weighted by Crippen LogP contribution is 2.21. The summed E-state index contributed by atoms with van der Waals surface area (Å²) in [4.78, 5) is 36.0. The zero-order valence-corrected chi connectivity index (χ0v) is 15.6. The number of nitrogens with one attached hydrogen (secondary N) is 1. The molecular weight excluding hydrogens is 302 g/mol. The van der Waals surface area contributed by atoms with Crippen LogP contribution in [0.2, 0.25) is 19.6 Å². The van der Waals surface area contributed by atoms with Crippen LogP contribution in [0.3, 0.4) is 0 Å². The first kappa shape index (κ1) is 20.4. The van der Waals surface area contributed by atoms with Crippen molar-refractivity contribution in [2.75, 3.05) is 6.61 Å². The van der Waals surface area contributed by atoms with Gasteiger partial charge in [0.1, 0.15) is 12.1 Å². The van der Waals surface area contributed by atoms with Gasteiger partial charge in [-0.05, 0) is 19.8 Å². The Kier molecular flexibility index (Phi) is 7.58. The Morgan fingerprint density at radius 1 is 1.18 bits per heavy atom. The van der Waals surface area contributed by atoms with Crippen LogP contribution in [0.25, 0.3) is 0 Å². The minimum atomic E-state index is -2.17. The first-order valence-electron chi connectivity index (χ1n) is 7.49. The molecule has 0 saturated heterocycles. The molecule has 0 bridgehead atoms. The fourth-order valence-electron chi connectivity index (χ4n) is 2.09. The van der Waals surface area contributed by atoms with Crippen molar-refractivity contribution in [3.05, 3.63) is 0 Å². The average Bonchev–Trinajstić information content (AvgIpc) is 2.33. The second kappa shape index (κ2) is 8.16. The van der Waals surface area contributed by atoms with Crippen molar-refractivity contribution in [2.45, 2.75) is 59.4 Å². The number of carbonyl (C=O) groups excluding carboxylic acids is 3. The highest BCUT2D eigenvalue weighted by Gasteiger charge is 2.41. The number of nitrogens with zero attached hydrogens (tertiary/aromatic N) is 1. The minimum Gasteiger partial charge on any atom is -0.450 e. The van der Waals surface area contributed by atoms with Crippen LogP contribution >= 0.6 is 0 Å². The minimum absolute atomic E-state index is 0.129. The molecule has 0 aromatic rings. The topological polar surface area (TPSA) is 102 Å². The van der Waals surface area contributed by atoms with E-state index >= 15 is 0 Å². The molecule has 22 heavy (non-hydrogen) atoms. The standard InChI is InChI=1S/C14H29N3O4Si/c1-8-21-14(20)17(22(5,6)7)11(9(2)3)13(19)16-10(4)12(15)18/h9-11H,8H2,1-7H3,(H2,15,18)(H,16,19). The molecule has 0 aliphatic carbocycles. The first-order valence-corrected chi connectivity index (χ1v) is 10.9. The lowest BCUT2D eigenvalue weighted by atomic mass is 10.0. The van der Waals surface area contributed by atoms with Crippen molar-refractivity contribution in [1.29, 1.82) is 0 Å². The van der Waals surface area contributed by atoms with E-state index in [0.29, 0.717) is 0 Å². The van der Waals surface area contributed by atoms with Gasteiger partial charge in [0, 0.05) is 0 Å². The van der Waals surface area contributed by atoms with Gasteiger partial charge in [-0.25, -0.2) is 4.79 Å². The molecule has 7 nitrogen and oxygen atoms in total. The molecule has 2 unspecified atom stereocenters. The summed E-state index contributed by atoms with van der Waals surface area (Å²) in [6.07, 6.45) is -0.498. The fraction of sp³-hybridized carbons (Fsp3) is 0.786. The van der Waals surface area contributed by atoms with Crippen molar-refractivity contribution in [3.63, 3.8) is 0 Å². The van der Waals surface area contributed by atoms with Crippen LogP contribution in [0.15, 0.2) is 0 Å². The SMILES string of the molecule is CCOC(=O)N(C(C(=O)NC(C)C(N)=O)C(C)C)[Si](C)(C)C. The van der Waals surface area contributed by atoms with Gasteiger partial charge < -0.3 is 20.4 Å². The quantitative estimate of drug-likeness (QED) is 0.686. The van der Waals surface area contributed by atoms with Gasteiger partial charge in [-0.2, -0.15) is 0 Å². The highest BCUT2D eigenvalue weighted by molar-refractivity contribution is 6.75. The van der Waals surface area contributed by atoms with Crippen molar-refractivity contribution in [2.24, 2.45) is 11.7 Å².